The van der Waals surface area contributed by atoms with E-state index in [9.17, 15) is 10.1 Å². The second-order valence-corrected chi connectivity index (χ2v) is 2.66. The van der Waals surface area contributed by atoms with E-state index in [-0.39, 0.29) is 0 Å². The van der Waals surface area contributed by atoms with Crippen LogP contribution < -0.4 is 0 Å². The summed E-state index contributed by atoms with van der Waals surface area (Å²) in [5, 5.41) is 9.99. The standard InChI is InChI=1S/C9H10NO2/c1-8-2-4-9(5-3-8)6-7-10(11)12/h2-5,7H,6H2,1H3. The first-order chi connectivity index (χ1) is 5.68. The zero-order chi connectivity index (χ0) is 8.97. The van der Waals surface area contributed by atoms with Crippen molar-refractivity contribution in [2.24, 2.45) is 0 Å². The summed E-state index contributed by atoms with van der Waals surface area (Å²) in [6.07, 6.45) is 0.396. The number of nitrogens with zero attached hydrogens (tertiary/aromatic N) is 1. The average Bonchev–Trinajstić information content (AvgIpc) is 2.03. The van der Waals surface area contributed by atoms with E-state index in [1.807, 2.05) is 31.2 Å². The van der Waals surface area contributed by atoms with Gasteiger partial charge < -0.3 is 0 Å². The summed E-state index contributed by atoms with van der Waals surface area (Å²) in [4.78, 5) is 9.57. The van der Waals surface area contributed by atoms with Crippen LogP contribution in [0.25, 0.3) is 0 Å². The minimum atomic E-state index is -0.417. The molecule has 3 nitrogen and oxygen atoms in total. The number of benzene rings is 1. The molecule has 0 heterocycles. The Morgan fingerprint density at radius 2 is 2.00 bits per heavy atom. The van der Waals surface area contributed by atoms with Gasteiger partial charge in [-0.3, -0.25) is 10.1 Å². The second-order valence-electron chi connectivity index (χ2n) is 2.66. The van der Waals surface area contributed by atoms with E-state index < -0.39 is 4.92 Å². The highest BCUT2D eigenvalue weighted by Crippen LogP contribution is 2.04. The first kappa shape index (κ1) is 8.71. The normalized spacial score (nSPS) is 9.75. The number of aryl methyl sites for hydroxylation is 1. The predicted molar refractivity (Wildman–Crippen MR) is 46.2 cm³/mol. The predicted octanol–water partition coefficient (Wildman–Crippen LogP) is 1.98. The molecular formula is C9H10NO2. The lowest BCUT2D eigenvalue weighted by Gasteiger charge is -1.96. The first-order valence-corrected chi connectivity index (χ1v) is 3.71. The maximum atomic E-state index is 9.99. The zero-order valence-corrected chi connectivity index (χ0v) is 6.86. The van der Waals surface area contributed by atoms with Crippen LogP contribution in [0, 0.1) is 23.6 Å². The maximum Gasteiger partial charge on any atom is 0.283 e. The second kappa shape index (κ2) is 3.85. The molecule has 0 aliphatic heterocycles. The van der Waals surface area contributed by atoms with Gasteiger partial charge in [0.1, 0.15) is 0 Å². The minimum absolute atomic E-state index is 0.396. The molecule has 0 aliphatic carbocycles. The van der Waals surface area contributed by atoms with Crippen molar-refractivity contribution in [1.29, 1.82) is 0 Å². The maximum absolute atomic E-state index is 9.99. The van der Waals surface area contributed by atoms with Gasteiger partial charge in [0, 0.05) is 11.3 Å². The van der Waals surface area contributed by atoms with Crippen molar-refractivity contribution in [3.8, 4) is 0 Å². The summed E-state index contributed by atoms with van der Waals surface area (Å²) >= 11 is 0. The van der Waals surface area contributed by atoms with Gasteiger partial charge in [-0.05, 0) is 12.5 Å². The van der Waals surface area contributed by atoms with E-state index >= 15 is 0 Å². The van der Waals surface area contributed by atoms with Gasteiger partial charge in [-0.15, -0.1) is 0 Å². The summed E-state index contributed by atoms with van der Waals surface area (Å²) in [5.41, 5.74) is 2.14. The van der Waals surface area contributed by atoms with Crippen molar-refractivity contribution >= 4 is 0 Å². The van der Waals surface area contributed by atoms with Crippen LogP contribution in [0.1, 0.15) is 11.1 Å². The molecule has 3 heteroatoms. The molecule has 0 unspecified atom stereocenters. The first-order valence-electron chi connectivity index (χ1n) is 3.71. The molecule has 63 valence electrons. The van der Waals surface area contributed by atoms with Crippen LogP contribution in [0.5, 0.6) is 0 Å². The summed E-state index contributed by atoms with van der Waals surface area (Å²) in [5.74, 6) is 0. The number of hydrogen-bond donors (Lipinski definition) is 0. The molecule has 12 heavy (non-hydrogen) atoms. The number of rotatable bonds is 3. The summed E-state index contributed by atoms with van der Waals surface area (Å²) in [6.45, 7) is 3.05. The fraction of sp³-hybridized carbons (Fsp3) is 0.222. The molecule has 0 spiro atoms. The fourth-order valence-corrected chi connectivity index (χ4v) is 0.904. The van der Waals surface area contributed by atoms with Crippen LogP contribution in [0.2, 0.25) is 0 Å². The third kappa shape index (κ3) is 2.70. The summed E-state index contributed by atoms with van der Waals surface area (Å²) in [7, 11) is 0. The Morgan fingerprint density at radius 3 is 2.50 bits per heavy atom. The van der Waals surface area contributed by atoms with Crippen molar-refractivity contribution < 1.29 is 4.92 Å². The summed E-state index contributed by atoms with van der Waals surface area (Å²) in [6, 6.07) is 7.69. The van der Waals surface area contributed by atoms with Crippen LogP contribution in [0.3, 0.4) is 0 Å². The smallest absolute Gasteiger partial charge is 0.264 e. The van der Waals surface area contributed by atoms with Crippen molar-refractivity contribution in [1.82, 2.24) is 0 Å². The van der Waals surface area contributed by atoms with Gasteiger partial charge in [-0.25, -0.2) is 0 Å². The molecule has 1 rings (SSSR count). The third-order valence-corrected chi connectivity index (χ3v) is 1.60. The lowest BCUT2D eigenvalue weighted by Crippen LogP contribution is -1.96. The topological polar surface area (TPSA) is 43.1 Å². The van der Waals surface area contributed by atoms with Crippen LogP contribution in [-0.2, 0) is 6.42 Å². The molecule has 0 saturated carbocycles. The molecule has 0 aromatic heterocycles. The highest BCUT2D eigenvalue weighted by molar-refractivity contribution is 5.21. The van der Waals surface area contributed by atoms with Crippen molar-refractivity contribution in [3.63, 3.8) is 0 Å². The van der Waals surface area contributed by atoms with Crippen molar-refractivity contribution in [2.75, 3.05) is 0 Å². The lowest BCUT2D eigenvalue weighted by atomic mass is 10.1. The van der Waals surface area contributed by atoms with Gasteiger partial charge in [-0.2, -0.15) is 0 Å². The van der Waals surface area contributed by atoms with Crippen LogP contribution in [0.4, 0.5) is 0 Å². The molecule has 0 amide bonds. The van der Waals surface area contributed by atoms with Gasteiger partial charge in [-0.1, -0.05) is 29.8 Å². The molecule has 1 aromatic carbocycles. The van der Waals surface area contributed by atoms with E-state index in [2.05, 4.69) is 0 Å². The van der Waals surface area contributed by atoms with Gasteiger partial charge in [0.2, 0.25) is 0 Å². The Bertz CT molecular complexity index is 266. The monoisotopic (exact) mass is 164 g/mol. The SMILES string of the molecule is Cc1ccc(C[CH][N+](=O)[O-])cc1. The minimum Gasteiger partial charge on any atom is -0.264 e. The zero-order valence-electron chi connectivity index (χ0n) is 6.86. The fourth-order valence-electron chi connectivity index (χ4n) is 0.904. The Hall–Kier alpha value is -1.38. The molecule has 0 N–H and O–H groups in total. The van der Waals surface area contributed by atoms with Gasteiger partial charge in [0.05, 0.1) is 0 Å². The molecule has 1 radical (unpaired) electrons. The Balaban J connectivity index is 2.53. The highest BCUT2D eigenvalue weighted by atomic mass is 16.6. The van der Waals surface area contributed by atoms with Gasteiger partial charge in [0.15, 0.2) is 0 Å². The molecule has 0 bridgehead atoms. The van der Waals surface area contributed by atoms with Crippen LogP contribution >= 0.6 is 0 Å². The van der Waals surface area contributed by atoms with Gasteiger partial charge in [0.25, 0.3) is 6.54 Å². The van der Waals surface area contributed by atoms with Crippen molar-refractivity contribution in [2.45, 2.75) is 13.3 Å². The Labute approximate surface area is 71.2 Å². The van der Waals surface area contributed by atoms with Crippen molar-refractivity contribution in [3.05, 3.63) is 52.1 Å². The van der Waals surface area contributed by atoms with E-state index in [0.717, 1.165) is 12.1 Å². The molecule has 0 saturated heterocycles. The average molecular weight is 164 g/mol. The summed E-state index contributed by atoms with van der Waals surface area (Å²) < 4.78 is 0. The third-order valence-electron chi connectivity index (χ3n) is 1.60. The molecular weight excluding hydrogens is 154 g/mol. The number of hydrogen-bond acceptors (Lipinski definition) is 2. The Morgan fingerprint density at radius 1 is 1.42 bits per heavy atom. The lowest BCUT2D eigenvalue weighted by molar-refractivity contribution is -0.436. The van der Waals surface area contributed by atoms with Crippen LogP contribution in [-0.4, -0.2) is 4.92 Å². The Kier molecular flexibility index (Phi) is 2.80. The van der Waals surface area contributed by atoms with E-state index in [0.29, 0.717) is 6.42 Å². The highest BCUT2D eigenvalue weighted by Gasteiger charge is 2.00. The largest absolute Gasteiger partial charge is 0.283 e. The van der Waals surface area contributed by atoms with E-state index in [1.54, 1.807) is 0 Å². The van der Waals surface area contributed by atoms with E-state index in [4.69, 9.17) is 0 Å². The molecule has 0 fully saturated rings. The van der Waals surface area contributed by atoms with E-state index in [1.165, 1.54) is 5.56 Å². The molecule has 1 aromatic rings. The number of nitro groups is 1. The van der Waals surface area contributed by atoms with Gasteiger partial charge >= 0.3 is 0 Å². The molecule has 0 atom stereocenters. The molecule has 0 aliphatic rings. The quantitative estimate of drug-likeness (QED) is 0.506. The van der Waals surface area contributed by atoms with Crippen LogP contribution in [0.15, 0.2) is 24.3 Å².